The Labute approximate surface area is 279 Å². The zero-order valence-electron chi connectivity index (χ0n) is 26.6. The van der Waals surface area contributed by atoms with Gasteiger partial charge in [0.1, 0.15) is 5.69 Å². The number of urea groups is 1. The highest BCUT2D eigenvalue weighted by atomic mass is 19.4. The van der Waals surface area contributed by atoms with Crippen LogP contribution in [0.1, 0.15) is 11.1 Å². The second-order valence-corrected chi connectivity index (χ2v) is 10.9. The van der Waals surface area contributed by atoms with Crippen LogP contribution in [-0.4, -0.2) is 76.6 Å². The van der Waals surface area contributed by atoms with Gasteiger partial charge in [-0.05, 0) is 56.1 Å². The van der Waals surface area contributed by atoms with Gasteiger partial charge in [0.15, 0.2) is 11.6 Å². The lowest BCUT2D eigenvalue weighted by Gasteiger charge is -2.36. The van der Waals surface area contributed by atoms with Crippen molar-refractivity contribution in [2.24, 2.45) is 0 Å². The average Bonchev–Trinajstić information content (AvgIpc) is 3.07. The number of rotatable bonds is 11. The van der Waals surface area contributed by atoms with E-state index in [1.807, 2.05) is 30.3 Å². The smallest absolute Gasteiger partial charge is 0.480 e. The van der Waals surface area contributed by atoms with Crippen LogP contribution in [0.25, 0.3) is 0 Å². The number of benzene rings is 2. The first-order valence-corrected chi connectivity index (χ1v) is 14.7. The topological polar surface area (TPSA) is 142 Å². The molecule has 254 valence electrons. The SMILES string of the molecule is COc1ncccc1Nc1ncc2c(n1)N(c1cccc(NC(=O)/C(=C\CN(C)C)OC(=O)C(F)(F)F)c1)C(=O)N(Cc1ccccc1)C2. The molecule has 0 unspecified atom stereocenters. The van der Waals surface area contributed by atoms with Crippen LogP contribution in [0.2, 0.25) is 0 Å². The molecule has 0 aliphatic carbocycles. The number of carbonyl (C=O) groups excluding carboxylic acids is 3. The van der Waals surface area contributed by atoms with Crippen molar-refractivity contribution in [2.75, 3.05) is 43.3 Å². The predicted octanol–water partition coefficient (Wildman–Crippen LogP) is 5.39. The molecule has 49 heavy (non-hydrogen) atoms. The van der Waals surface area contributed by atoms with Crippen molar-refractivity contribution in [2.45, 2.75) is 19.3 Å². The minimum absolute atomic E-state index is 0.00519. The quantitative estimate of drug-likeness (QED) is 0.121. The maximum Gasteiger partial charge on any atom is 0.491 e. The van der Waals surface area contributed by atoms with Gasteiger partial charge in [0, 0.05) is 36.7 Å². The van der Waals surface area contributed by atoms with E-state index >= 15 is 0 Å². The summed E-state index contributed by atoms with van der Waals surface area (Å²) in [6.07, 6.45) is -1.11. The zero-order valence-corrected chi connectivity index (χ0v) is 26.6. The number of aromatic nitrogens is 3. The van der Waals surface area contributed by atoms with E-state index in [0.717, 1.165) is 11.6 Å². The fraction of sp³-hybridized carbons (Fsp3) is 0.212. The number of pyridine rings is 1. The Morgan fingerprint density at radius 1 is 1.04 bits per heavy atom. The number of alkyl halides is 3. The van der Waals surface area contributed by atoms with E-state index in [2.05, 4.69) is 30.3 Å². The summed E-state index contributed by atoms with van der Waals surface area (Å²) in [5.74, 6) is -3.79. The van der Waals surface area contributed by atoms with E-state index in [-0.39, 0.29) is 42.8 Å². The molecule has 2 N–H and O–H groups in total. The summed E-state index contributed by atoms with van der Waals surface area (Å²) >= 11 is 0. The third-order valence-corrected chi connectivity index (χ3v) is 6.97. The zero-order chi connectivity index (χ0) is 35.1. The number of halogens is 3. The fourth-order valence-electron chi connectivity index (χ4n) is 4.72. The van der Waals surface area contributed by atoms with Crippen LogP contribution >= 0.6 is 0 Å². The maximum absolute atomic E-state index is 14.1. The molecule has 2 aromatic heterocycles. The molecule has 0 atom stereocenters. The van der Waals surface area contributed by atoms with Crippen molar-refractivity contribution in [3.8, 4) is 5.88 Å². The summed E-state index contributed by atoms with van der Waals surface area (Å²) in [5.41, 5.74) is 2.36. The monoisotopic (exact) mass is 676 g/mol. The minimum atomic E-state index is -5.32. The number of carbonyl (C=O) groups is 3. The molecule has 0 fully saturated rings. The molecule has 16 heteroatoms. The highest BCUT2D eigenvalue weighted by Crippen LogP contribution is 2.36. The molecule has 3 amide bonds. The van der Waals surface area contributed by atoms with Crippen LogP contribution < -0.4 is 20.3 Å². The molecule has 0 bridgehead atoms. The minimum Gasteiger partial charge on any atom is -0.480 e. The first-order chi connectivity index (χ1) is 23.4. The fourth-order valence-corrected chi connectivity index (χ4v) is 4.72. The molecular weight excluding hydrogens is 645 g/mol. The van der Waals surface area contributed by atoms with Crippen LogP contribution in [0.5, 0.6) is 5.88 Å². The van der Waals surface area contributed by atoms with Crippen LogP contribution in [0.4, 0.5) is 46.8 Å². The van der Waals surface area contributed by atoms with Crippen molar-refractivity contribution in [1.29, 1.82) is 0 Å². The van der Waals surface area contributed by atoms with Gasteiger partial charge in [-0.25, -0.2) is 24.5 Å². The molecule has 5 rings (SSSR count). The number of methoxy groups -OCH3 is 1. The highest BCUT2D eigenvalue weighted by Gasteiger charge is 2.42. The Hall–Kier alpha value is -6.03. The third kappa shape index (κ3) is 8.47. The van der Waals surface area contributed by atoms with Crippen LogP contribution in [-0.2, 0) is 27.4 Å². The second kappa shape index (κ2) is 14.8. The summed E-state index contributed by atoms with van der Waals surface area (Å²) in [5, 5.41) is 5.52. The molecule has 0 saturated heterocycles. The number of ether oxygens (including phenoxy) is 2. The van der Waals surface area contributed by atoms with E-state index < -0.39 is 29.8 Å². The highest BCUT2D eigenvalue weighted by molar-refractivity contribution is 6.05. The molecule has 2 aromatic carbocycles. The average molecular weight is 677 g/mol. The third-order valence-electron chi connectivity index (χ3n) is 6.97. The van der Waals surface area contributed by atoms with E-state index in [1.165, 1.54) is 24.1 Å². The van der Waals surface area contributed by atoms with Crippen LogP contribution in [0, 0.1) is 0 Å². The van der Waals surface area contributed by atoms with Crippen LogP contribution in [0.3, 0.4) is 0 Å². The molecule has 4 aromatic rings. The molecule has 0 spiro atoms. The molecule has 0 saturated carbocycles. The van der Waals surface area contributed by atoms with Gasteiger partial charge < -0.3 is 29.9 Å². The second-order valence-electron chi connectivity index (χ2n) is 10.9. The number of amides is 3. The molecule has 13 nitrogen and oxygen atoms in total. The maximum atomic E-state index is 14.1. The lowest BCUT2D eigenvalue weighted by Crippen LogP contribution is -2.45. The van der Waals surface area contributed by atoms with Gasteiger partial charge >= 0.3 is 18.2 Å². The summed E-state index contributed by atoms with van der Waals surface area (Å²) < 4.78 is 48.6. The van der Waals surface area contributed by atoms with Gasteiger partial charge in [0.25, 0.3) is 5.91 Å². The summed E-state index contributed by atoms with van der Waals surface area (Å²) in [6, 6.07) is 18.4. The Bertz CT molecular complexity index is 1870. The van der Waals surface area contributed by atoms with Crippen LogP contribution in [0.15, 0.2) is 91.0 Å². The Balaban J connectivity index is 1.49. The molecular formula is C33H31F3N8O5. The number of likely N-dealkylation sites (N-methyl/N-ethyl adjacent to an activating group) is 1. The first kappa shape index (κ1) is 34.3. The number of anilines is 5. The number of nitrogens with zero attached hydrogens (tertiary/aromatic N) is 6. The van der Waals surface area contributed by atoms with Crippen molar-refractivity contribution < 1.29 is 37.0 Å². The molecule has 1 aliphatic heterocycles. The van der Waals surface area contributed by atoms with E-state index in [4.69, 9.17) is 4.74 Å². The van der Waals surface area contributed by atoms with Gasteiger partial charge in [-0.2, -0.15) is 18.2 Å². The number of hydrogen-bond acceptors (Lipinski definition) is 10. The van der Waals surface area contributed by atoms with Gasteiger partial charge in [0.05, 0.1) is 19.3 Å². The van der Waals surface area contributed by atoms with Gasteiger partial charge in [-0.3, -0.25) is 4.79 Å². The number of hydrogen-bond donors (Lipinski definition) is 2. The molecule has 0 radical (unpaired) electrons. The van der Waals surface area contributed by atoms with Gasteiger partial charge in [0.2, 0.25) is 11.8 Å². The summed E-state index contributed by atoms with van der Waals surface area (Å²) in [6.45, 7) is 0.464. The Morgan fingerprint density at radius 3 is 2.53 bits per heavy atom. The van der Waals surface area contributed by atoms with Gasteiger partial charge in [-0.15, -0.1) is 0 Å². The molecule has 1 aliphatic rings. The Kier molecular flexibility index (Phi) is 10.4. The van der Waals surface area contributed by atoms with E-state index in [0.29, 0.717) is 17.1 Å². The number of nitrogens with one attached hydrogen (secondary N) is 2. The van der Waals surface area contributed by atoms with Crippen molar-refractivity contribution in [3.05, 3.63) is 102 Å². The van der Waals surface area contributed by atoms with E-state index in [9.17, 15) is 27.6 Å². The largest absolute Gasteiger partial charge is 0.491 e. The van der Waals surface area contributed by atoms with Crippen molar-refractivity contribution in [3.63, 3.8) is 0 Å². The van der Waals surface area contributed by atoms with E-state index in [1.54, 1.807) is 60.6 Å². The van der Waals surface area contributed by atoms with Crippen molar-refractivity contribution in [1.82, 2.24) is 24.8 Å². The lowest BCUT2D eigenvalue weighted by atomic mass is 10.1. The Morgan fingerprint density at radius 2 is 1.82 bits per heavy atom. The van der Waals surface area contributed by atoms with Crippen molar-refractivity contribution >= 4 is 46.7 Å². The number of fused-ring (bicyclic) bond motifs is 1. The summed E-state index contributed by atoms with van der Waals surface area (Å²) in [7, 11) is 4.71. The van der Waals surface area contributed by atoms with Gasteiger partial charge in [-0.1, -0.05) is 36.4 Å². The first-order valence-electron chi connectivity index (χ1n) is 14.7. The molecule has 3 heterocycles. The number of esters is 1. The summed E-state index contributed by atoms with van der Waals surface area (Å²) in [4.78, 5) is 56.6. The predicted molar refractivity (Wildman–Crippen MR) is 173 cm³/mol. The lowest BCUT2D eigenvalue weighted by molar-refractivity contribution is -0.195. The standard InChI is InChI=1S/C33H31F3N8O5/c1-42(2)16-14-26(49-30(46)33(34,35)36)28(45)39-23-11-7-12-24(17-23)44-27-22(20-43(32(44)47)19-21-9-5-4-6-10-21)18-38-31(41-27)40-25-13-8-15-37-29(25)48-3/h4-15,17-18H,16,19-20H2,1-3H3,(H,39,45)(H,38,40,41)/b26-14+. The normalized spacial score (nSPS) is 13.2.